The number of carbonyl (C=O) groups is 1. The Bertz CT molecular complexity index is 954. The molecule has 0 bridgehead atoms. The third-order valence-electron chi connectivity index (χ3n) is 4.12. The summed E-state index contributed by atoms with van der Waals surface area (Å²) < 4.78 is 41.0. The van der Waals surface area contributed by atoms with Gasteiger partial charge in [0.15, 0.2) is 5.16 Å². The normalized spacial score (nSPS) is 12.9. The number of amides is 1. The van der Waals surface area contributed by atoms with Crippen LogP contribution in [0.5, 0.6) is 0 Å². The second-order valence-corrected chi connectivity index (χ2v) is 7.35. The van der Waals surface area contributed by atoms with Crippen molar-refractivity contribution in [1.82, 2.24) is 14.9 Å². The Morgan fingerprint density at radius 1 is 1.22 bits per heavy atom. The largest absolute Gasteiger partial charge is 0.416 e. The molecule has 2 aromatic carbocycles. The Labute approximate surface area is 158 Å². The number of benzene rings is 2. The predicted molar refractivity (Wildman–Crippen MR) is 99.7 cm³/mol. The van der Waals surface area contributed by atoms with Gasteiger partial charge in [-0.05, 0) is 30.7 Å². The molecule has 8 heteroatoms. The Hall–Kier alpha value is -2.48. The SMILES string of the molecule is CNC(=O)[C@@H](C)Sc1nc2cc(C(F)(F)F)ccc2n1Cc1ccccc1. The topological polar surface area (TPSA) is 46.9 Å². The summed E-state index contributed by atoms with van der Waals surface area (Å²) in [5.74, 6) is -0.172. The number of halogens is 3. The van der Waals surface area contributed by atoms with Crippen LogP contribution in [0.3, 0.4) is 0 Å². The molecule has 0 radical (unpaired) electrons. The van der Waals surface area contributed by atoms with Gasteiger partial charge in [-0.15, -0.1) is 0 Å². The van der Waals surface area contributed by atoms with E-state index in [1.54, 1.807) is 14.0 Å². The van der Waals surface area contributed by atoms with Crippen LogP contribution in [0.1, 0.15) is 18.1 Å². The lowest BCUT2D eigenvalue weighted by Gasteiger charge is -2.12. The van der Waals surface area contributed by atoms with E-state index in [1.807, 2.05) is 34.9 Å². The van der Waals surface area contributed by atoms with E-state index in [0.717, 1.165) is 17.7 Å². The molecule has 1 heterocycles. The van der Waals surface area contributed by atoms with Crippen LogP contribution >= 0.6 is 11.8 Å². The third-order valence-corrected chi connectivity index (χ3v) is 5.21. The van der Waals surface area contributed by atoms with Crippen LogP contribution in [0, 0.1) is 0 Å². The summed E-state index contributed by atoms with van der Waals surface area (Å²) in [6, 6.07) is 13.1. The number of nitrogens with one attached hydrogen (secondary N) is 1. The summed E-state index contributed by atoms with van der Waals surface area (Å²) in [6.45, 7) is 2.18. The van der Waals surface area contributed by atoms with Crippen molar-refractivity contribution in [3.8, 4) is 0 Å². The van der Waals surface area contributed by atoms with Crippen LogP contribution in [0.15, 0.2) is 53.7 Å². The van der Waals surface area contributed by atoms with Crippen molar-refractivity contribution in [2.75, 3.05) is 7.05 Å². The van der Waals surface area contributed by atoms with Crippen LogP contribution in [-0.2, 0) is 17.5 Å². The summed E-state index contributed by atoms with van der Waals surface area (Å²) in [6.07, 6.45) is -4.43. The van der Waals surface area contributed by atoms with Gasteiger partial charge in [0, 0.05) is 7.05 Å². The molecule has 4 nitrogen and oxygen atoms in total. The van der Waals surface area contributed by atoms with Crippen LogP contribution in [-0.4, -0.2) is 27.8 Å². The quantitative estimate of drug-likeness (QED) is 0.657. The van der Waals surface area contributed by atoms with Gasteiger partial charge in [-0.25, -0.2) is 4.98 Å². The third kappa shape index (κ3) is 4.27. The molecule has 3 aromatic rings. The summed E-state index contributed by atoms with van der Waals surface area (Å²) in [5, 5.41) is 2.65. The number of thioether (sulfide) groups is 1. The Morgan fingerprint density at radius 2 is 1.93 bits per heavy atom. The molecule has 0 unspecified atom stereocenters. The first kappa shape index (κ1) is 19.3. The number of hydrogen-bond acceptors (Lipinski definition) is 3. The first-order valence-corrected chi connectivity index (χ1v) is 9.17. The molecule has 0 spiro atoms. The number of aromatic nitrogens is 2. The molecular formula is C19H18F3N3OS. The Morgan fingerprint density at radius 3 is 2.56 bits per heavy atom. The monoisotopic (exact) mass is 393 g/mol. The zero-order valence-corrected chi connectivity index (χ0v) is 15.6. The van der Waals surface area contributed by atoms with Crippen molar-refractivity contribution in [1.29, 1.82) is 0 Å². The molecule has 0 saturated heterocycles. The molecule has 3 rings (SSSR count). The van der Waals surface area contributed by atoms with Gasteiger partial charge in [0.25, 0.3) is 0 Å². The Balaban J connectivity index is 2.07. The lowest BCUT2D eigenvalue weighted by atomic mass is 10.2. The molecule has 0 aliphatic heterocycles. The zero-order chi connectivity index (χ0) is 19.6. The number of fused-ring (bicyclic) bond motifs is 1. The van der Waals surface area contributed by atoms with E-state index in [2.05, 4.69) is 10.3 Å². The maximum absolute atomic E-state index is 13.0. The molecule has 0 fully saturated rings. The van der Waals surface area contributed by atoms with Gasteiger partial charge in [-0.2, -0.15) is 13.2 Å². The minimum Gasteiger partial charge on any atom is -0.358 e. The Kier molecular flexibility index (Phi) is 5.46. The number of alkyl halides is 3. The van der Waals surface area contributed by atoms with Crippen molar-refractivity contribution in [2.45, 2.75) is 30.1 Å². The van der Waals surface area contributed by atoms with Crippen molar-refractivity contribution in [2.24, 2.45) is 0 Å². The molecule has 27 heavy (non-hydrogen) atoms. The van der Waals surface area contributed by atoms with Crippen molar-refractivity contribution >= 4 is 28.7 Å². The molecular weight excluding hydrogens is 375 g/mol. The van der Waals surface area contributed by atoms with Gasteiger partial charge in [0.1, 0.15) is 0 Å². The molecule has 0 saturated carbocycles. The van der Waals surface area contributed by atoms with Crippen molar-refractivity contribution in [3.63, 3.8) is 0 Å². The summed E-state index contributed by atoms with van der Waals surface area (Å²) in [7, 11) is 1.54. The highest BCUT2D eigenvalue weighted by Crippen LogP contribution is 2.34. The molecule has 0 aliphatic rings. The van der Waals surface area contributed by atoms with E-state index in [1.165, 1.54) is 17.8 Å². The van der Waals surface area contributed by atoms with Crippen LogP contribution in [0.4, 0.5) is 13.2 Å². The fraction of sp³-hybridized carbons (Fsp3) is 0.263. The number of carbonyl (C=O) groups excluding carboxylic acids is 1. The molecule has 1 atom stereocenters. The highest BCUT2D eigenvalue weighted by Gasteiger charge is 2.31. The van der Waals surface area contributed by atoms with Gasteiger partial charge in [0.05, 0.1) is 28.4 Å². The van der Waals surface area contributed by atoms with Gasteiger partial charge >= 0.3 is 6.18 Å². The highest BCUT2D eigenvalue weighted by atomic mass is 32.2. The minimum absolute atomic E-state index is 0.172. The van der Waals surface area contributed by atoms with E-state index in [4.69, 9.17) is 0 Å². The zero-order valence-electron chi connectivity index (χ0n) is 14.7. The summed E-state index contributed by atoms with van der Waals surface area (Å²) in [4.78, 5) is 16.3. The fourth-order valence-electron chi connectivity index (χ4n) is 2.71. The molecule has 0 aliphatic carbocycles. The number of imidazole rings is 1. The first-order valence-electron chi connectivity index (χ1n) is 8.29. The molecule has 1 aromatic heterocycles. The molecule has 1 N–H and O–H groups in total. The maximum atomic E-state index is 13.0. The number of nitrogens with zero attached hydrogens (tertiary/aromatic N) is 2. The lowest BCUT2D eigenvalue weighted by Crippen LogP contribution is -2.27. The van der Waals surface area contributed by atoms with E-state index in [9.17, 15) is 18.0 Å². The highest BCUT2D eigenvalue weighted by molar-refractivity contribution is 8.00. The van der Waals surface area contributed by atoms with E-state index < -0.39 is 17.0 Å². The lowest BCUT2D eigenvalue weighted by molar-refractivity contribution is -0.137. The summed E-state index contributed by atoms with van der Waals surface area (Å²) in [5.41, 5.74) is 1.10. The molecule has 1 amide bonds. The average molecular weight is 393 g/mol. The average Bonchev–Trinajstić information content (AvgIpc) is 2.97. The summed E-state index contributed by atoms with van der Waals surface area (Å²) >= 11 is 1.22. The number of rotatable bonds is 5. The smallest absolute Gasteiger partial charge is 0.358 e. The van der Waals surface area contributed by atoms with E-state index >= 15 is 0 Å². The van der Waals surface area contributed by atoms with Crippen molar-refractivity contribution < 1.29 is 18.0 Å². The standard InChI is InChI=1S/C19H18F3N3OS/c1-12(17(26)23-2)27-18-24-15-10-14(19(20,21)22)8-9-16(15)25(18)11-13-6-4-3-5-7-13/h3-10,12H,11H2,1-2H3,(H,23,26)/t12-/m1/s1. The second kappa shape index (κ2) is 7.64. The minimum atomic E-state index is -4.43. The van der Waals surface area contributed by atoms with Crippen LogP contribution < -0.4 is 5.32 Å². The van der Waals surface area contributed by atoms with Crippen LogP contribution in [0.25, 0.3) is 11.0 Å². The van der Waals surface area contributed by atoms with E-state index in [-0.39, 0.29) is 11.4 Å². The van der Waals surface area contributed by atoms with Crippen molar-refractivity contribution in [3.05, 3.63) is 59.7 Å². The van der Waals surface area contributed by atoms with Gasteiger partial charge in [-0.1, -0.05) is 42.1 Å². The second-order valence-electron chi connectivity index (χ2n) is 6.04. The predicted octanol–water partition coefficient (Wildman–Crippen LogP) is 4.33. The molecule has 142 valence electrons. The first-order chi connectivity index (χ1) is 12.8. The fourth-order valence-corrected chi connectivity index (χ4v) is 3.69. The van der Waals surface area contributed by atoms with E-state index in [0.29, 0.717) is 17.2 Å². The maximum Gasteiger partial charge on any atom is 0.416 e. The number of hydrogen-bond donors (Lipinski definition) is 1. The van der Waals surface area contributed by atoms with Gasteiger partial charge in [0.2, 0.25) is 5.91 Å². The van der Waals surface area contributed by atoms with Gasteiger partial charge in [-0.3, -0.25) is 4.79 Å². The van der Waals surface area contributed by atoms with Gasteiger partial charge < -0.3 is 9.88 Å². The van der Waals surface area contributed by atoms with Crippen LogP contribution in [0.2, 0.25) is 0 Å².